The van der Waals surface area contributed by atoms with Crippen LogP contribution in [0.4, 0.5) is 10.5 Å². The molecule has 0 unspecified atom stereocenters. The average Bonchev–Trinajstić information content (AvgIpc) is 3.58. The summed E-state index contributed by atoms with van der Waals surface area (Å²) in [5.41, 5.74) is 3.88. The summed E-state index contributed by atoms with van der Waals surface area (Å²) in [4.78, 5) is 30.7. The van der Waals surface area contributed by atoms with Crippen LogP contribution in [0.2, 0.25) is 0 Å². The number of amides is 3. The van der Waals surface area contributed by atoms with Crippen LogP contribution in [-0.2, 0) is 17.9 Å². The monoisotopic (exact) mass is 533 g/mol. The summed E-state index contributed by atoms with van der Waals surface area (Å²) in [5, 5.41) is 3.16. The highest BCUT2D eigenvalue weighted by molar-refractivity contribution is 5.94. The number of hydrogen-bond donors (Lipinski definition) is 1. The van der Waals surface area contributed by atoms with E-state index in [0.29, 0.717) is 23.8 Å². The number of ether oxygens (including phenoxy) is 2. The summed E-state index contributed by atoms with van der Waals surface area (Å²) in [6.07, 6.45) is 1.59. The van der Waals surface area contributed by atoms with Crippen molar-refractivity contribution in [1.82, 2.24) is 9.80 Å². The first kappa shape index (κ1) is 28.1. The molecule has 0 atom stereocenters. The van der Waals surface area contributed by atoms with E-state index in [4.69, 9.17) is 13.9 Å². The van der Waals surface area contributed by atoms with Gasteiger partial charge in [0.15, 0.2) is 11.5 Å². The molecule has 2 heterocycles. The van der Waals surface area contributed by atoms with Crippen LogP contribution in [0.15, 0.2) is 59.2 Å². The van der Waals surface area contributed by atoms with Crippen molar-refractivity contribution in [2.24, 2.45) is 0 Å². The Kier molecular flexibility index (Phi) is 8.84. The molecule has 1 N–H and O–H groups in total. The predicted molar refractivity (Wildman–Crippen MR) is 151 cm³/mol. The van der Waals surface area contributed by atoms with Gasteiger partial charge in [-0.1, -0.05) is 52.0 Å². The number of urea groups is 1. The molecule has 8 heteroatoms. The Balaban J connectivity index is 1.56. The standard InChI is InChI=1S/C31H39N3O5/c1-20(2)25-10-7-11-26(21(3)4)30(25)32-31(36)34(22(5)6)18-29(35)33(17-24-9-8-14-37-24)16-23-12-13-27-28(15-23)39-19-38-27/h7-15,20-22H,16-19H2,1-6H3,(H,32,36). The number of furan rings is 1. The van der Waals surface area contributed by atoms with E-state index in [1.165, 1.54) is 0 Å². The lowest BCUT2D eigenvalue weighted by Crippen LogP contribution is -2.47. The van der Waals surface area contributed by atoms with E-state index in [2.05, 4.69) is 33.0 Å². The van der Waals surface area contributed by atoms with Crippen LogP contribution in [0.3, 0.4) is 0 Å². The van der Waals surface area contributed by atoms with Crippen molar-refractivity contribution in [2.45, 2.75) is 72.5 Å². The molecule has 0 saturated carbocycles. The van der Waals surface area contributed by atoms with E-state index in [0.717, 1.165) is 22.4 Å². The van der Waals surface area contributed by atoms with Crippen LogP contribution >= 0.6 is 0 Å². The van der Waals surface area contributed by atoms with Gasteiger partial charge in [-0.25, -0.2) is 4.79 Å². The highest BCUT2D eigenvalue weighted by Gasteiger charge is 2.27. The minimum atomic E-state index is -0.297. The van der Waals surface area contributed by atoms with Gasteiger partial charge in [0.1, 0.15) is 12.3 Å². The van der Waals surface area contributed by atoms with Crippen molar-refractivity contribution in [3.8, 4) is 11.5 Å². The Hall–Kier alpha value is -3.94. The maximum atomic E-state index is 13.7. The largest absolute Gasteiger partial charge is 0.467 e. The van der Waals surface area contributed by atoms with Gasteiger partial charge in [0, 0.05) is 18.3 Å². The summed E-state index contributed by atoms with van der Waals surface area (Å²) in [6, 6.07) is 14.9. The lowest BCUT2D eigenvalue weighted by Gasteiger charge is -2.31. The summed E-state index contributed by atoms with van der Waals surface area (Å²) in [6.45, 7) is 13.0. The van der Waals surface area contributed by atoms with E-state index in [1.807, 2.05) is 56.3 Å². The van der Waals surface area contributed by atoms with Crippen molar-refractivity contribution >= 4 is 17.6 Å². The number of fused-ring (bicyclic) bond motifs is 1. The number of benzene rings is 2. The normalized spacial score (nSPS) is 12.3. The lowest BCUT2D eigenvalue weighted by atomic mass is 9.93. The second kappa shape index (κ2) is 12.3. The third-order valence-electron chi connectivity index (χ3n) is 6.88. The lowest BCUT2D eigenvalue weighted by molar-refractivity contribution is -0.133. The molecular formula is C31H39N3O5. The molecule has 39 heavy (non-hydrogen) atoms. The zero-order valence-electron chi connectivity index (χ0n) is 23.7. The minimum absolute atomic E-state index is 0.0738. The number of rotatable bonds is 10. The van der Waals surface area contributed by atoms with E-state index in [1.54, 1.807) is 22.1 Å². The molecule has 3 aromatic rings. The van der Waals surface area contributed by atoms with E-state index >= 15 is 0 Å². The third kappa shape index (κ3) is 6.74. The van der Waals surface area contributed by atoms with E-state index < -0.39 is 0 Å². The molecule has 0 saturated heterocycles. The molecule has 3 amide bonds. The number of para-hydroxylation sites is 1. The van der Waals surface area contributed by atoms with Crippen molar-refractivity contribution in [3.63, 3.8) is 0 Å². The second-order valence-corrected chi connectivity index (χ2v) is 10.8. The maximum absolute atomic E-state index is 13.7. The first-order valence-electron chi connectivity index (χ1n) is 13.5. The number of nitrogens with zero attached hydrogens (tertiary/aromatic N) is 2. The van der Waals surface area contributed by atoms with Crippen molar-refractivity contribution in [1.29, 1.82) is 0 Å². The van der Waals surface area contributed by atoms with Crippen LogP contribution in [0, 0.1) is 0 Å². The Morgan fingerprint density at radius 3 is 2.18 bits per heavy atom. The summed E-state index contributed by atoms with van der Waals surface area (Å²) < 4.78 is 16.5. The van der Waals surface area contributed by atoms with Crippen LogP contribution in [0.25, 0.3) is 0 Å². The zero-order chi connectivity index (χ0) is 28.1. The summed E-state index contributed by atoms with van der Waals surface area (Å²) in [5.74, 6) is 2.29. The van der Waals surface area contributed by atoms with Gasteiger partial charge in [-0.05, 0) is 66.6 Å². The van der Waals surface area contributed by atoms with Gasteiger partial charge in [0.2, 0.25) is 12.7 Å². The molecule has 0 spiro atoms. The van der Waals surface area contributed by atoms with Crippen molar-refractivity contribution < 1.29 is 23.5 Å². The fraction of sp³-hybridized carbons (Fsp3) is 0.419. The van der Waals surface area contributed by atoms with Crippen LogP contribution < -0.4 is 14.8 Å². The molecule has 1 aliphatic heterocycles. The summed E-state index contributed by atoms with van der Waals surface area (Å²) in [7, 11) is 0. The second-order valence-electron chi connectivity index (χ2n) is 10.8. The fourth-order valence-electron chi connectivity index (χ4n) is 4.69. The Labute approximate surface area is 230 Å². The quantitative estimate of drug-likeness (QED) is 0.312. The smallest absolute Gasteiger partial charge is 0.322 e. The van der Waals surface area contributed by atoms with Crippen molar-refractivity contribution in [2.75, 3.05) is 18.7 Å². The van der Waals surface area contributed by atoms with Gasteiger partial charge >= 0.3 is 6.03 Å². The van der Waals surface area contributed by atoms with Crippen LogP contribution in [0.5, 0.6) is 11.5 Å². The molecule has 0 fully saturated rings. The molecule has 1 aromatic heterocycles. The Morgan fingerprint density at radius 2 is 1.56 bits per heavy atom. The van der Waals surface area contributed by atoms with Gasteiger partial charge in [0.25, 0.3) is 0 Å². The third-order valence-corrected chi connectivity index (χ3v) is 6.88. The van der Waals surface area contributed by atoms with Gasteiger partial charge < -0.3 is 29.0 Å². The number of hydrogen-bond acceptors (Lipinski definition) is 5. The summed E-state index contributed by atoms with van der Waals surface area (Å²) >= 11 is 0. The van der Waals surface area contributed by atoms with Crippen LogP contribution in [0.1, 0.15) is 75.8 Å². The number of nitrogens with one attached hydrogen (secondary N) is 1. The molecule has 208 valence electrons. The first-order chi connectivity index (χ1) is 18.6. The average molecular weight is 534 g/mol. The molecule has 4 rings (SSSR count). The van der Waals surface area contributed by atoms with Gasteiger partial charge in [-0.15, -0.1) is 0 Å². The predicted octanol–water partition coefficient (Wildman–Crippen LogP) is 6.73. The molecule has 1 aliphatic rings. The highest BCUT2D eigenvalue weighted by atomic mass is 16.7. The molecule has 0 bridgehead atoms. The molecule has 0 radical (unpaired) electrons. The SMILES string of the molecule is CC(C)c1cccc(C(C)C)c1NC(=O)N(CC(=O)N(Cc1ccc2c(c1)OCO2)Cc1ccco1)C(C)C. The Bertz CT molecular complexity index is 1260. The highest BCUT2D eigenvalue weighted by Crippen LogP contribution is 2.34. The van der Waals surface area contributed by atoms with Crippen molar-refractivity contribution in [3.05, 3.63) is 77.2 Å². The number of carbonyl (C=O) groups is 2. The fourth-order valence-corrected chi connectivity index (χ4v) is 4.69. The van der Waals surface area contributed by atoms with Crippen LogP contribution in [-0.4, -0.2) is 41.1 Å². The molecule has 0 aliphatic carbocycles. The van der Waals surface area contributed by atoms with E-state index in [9.17, 15) is 9.59 Å². The first-order valence-corrected chi connectivity index (χ1v) is 13.5. The Morgan fingerprint density at radius 1 is 0.872 bits per heavy atom. The van der Waals surface area contributed by atoms with Gasteiger partial charge in [-0.3, -0.25) is 4.79 Å². The maximum Gasteiger partial charge on any atom is 0.322 e. The molecule has 2 aromatic carbocycles. The van der Waals surface area contributed by atoms with Gasteiger partial charge in [0.05, 0.1) is 12.8 Å². The zero-order valence-corrected chi connectivity index (χ0v) is 23.7. The molecule has 8 nitrogen and oxygen atoms in total. The topological polar surface area (TPSA) is 84.3 Å². The van der Waals surface area contributed by atoms with Gasteiger partial charge in [-0.2, -0.15) is 0 Å². The number of carbonyl (C=O) groups excluding carboxylic acids is 2. The number of anilines is 1. The minimum Gasteiger partial charge on any atom is -0.467 e. The van der Waals surface area contributed by atoms with E-state index in [-0.39, 0.29) is 49.7 Å². The molecular weight excluding hydrogens is 494 g/mol.